The molecule has 0 heterocycles. The second-order valence-electron chi connectivity index (χ2n) is 2.73. The molecule has 0 saturated carbocycles. The van der Waals surface area contributed by atoms with Gasteiger partial charge in [-0.2, -0.15) is 0 Å². The van der Waals surface area contributed by atoms with Gasteiger partial charge in [0.15, 0.2) is 6.29 Å². The van der Waals surface area contributed by atoms with Gasteiger partial charge in [0.1, 0.15) is 0 Å². The molecular formula is C11H21NO2. The molecule has 0 aliphatic carbocycles. The smallest absolute Gasteiger partial charge is 0.158 e. The minimum absolute atomic E-state index is 0.0768. The lowest BCUT2D eigenvalue weighted by molar-refractivity contribution is -0.138. The van der Waals surface area contributed by atoms with Crippen LogP contribution < -0.4 is 5.32 Å². The molecule has 82 valence electrons. The summed E-state index contributed by atoms with van der Waals surface area (Å²) in [6, 6.07) is 0. The lowest BCUT2D eigenvalue weighted by Gasteiger charge is -2.16. The summed E-state index contributed by atoms with van der Waals surface area (Å²) < 4.78 is 10.8. The van der Waals surface area contributed by atoms with Gasteiger partial charge < -0.3 is 14.8 Å². The Labute approximate surface area is 87.2 Å². The molecule has 3 heteroatoms. The first-order chi connectivity index (χ1) is 6.85. The molecule has 14 heavy (non-hydrogen) atoms. The Morgan fingerprint density at radius 2 is 1.86 bits per heavy atom. The van der Waals surface area contributed by atoms with Crippen LogP contribution in [-0.2, 0) is 9.47 Å². The summed E-state index contributed by atoms with van der Waals surface area (Å²) in [4.78, 5) is 0. The summed E-state index contributed by atoms with van der Waals surface area (Å²) in [5, 5.41) is 3.20. The van der Waals surface area contributed by atoms with E-state index in [2.05, 4.69) is 17.2 Å². The standard InChI is InChI=1S/C11H21NO2/c1-4-7-9-12-10-8-11(13-5-2)14-6-3/h11-12H,5-6,8-10H2,1-3H3. The first-order valence-electron chi connectivity index (χ1n) is 5.18. The fourth-order valence-electron chi connectivity index (χ4n) is 1.05. The summed E-state index contributed by atoms with van der Waals surface area (Å²) >= 11 is 0. The van der Waals surface area contributed by atoms with Crippen LogP contribution in [0.5, 0.6) is 0 Å². The molecule has 0 aliphatic rings. The molecule has 0 fully saturated rings. The molecule has 0 rings (SSSR count). The minimum Gasteiger partial charge on any atom is -0.353 e. The minimum atomic E-state index is -0.0768. The maximum atomic E-state index is 5.39. The fourth-order valence-corrected chi connectivity index (χ4v) is 1.05. The maximum absolute atomic E-state index is 5.39. The van der Waals surface area contributed by atoms with E-state index in [-0.39, 0.29) is 6.29 Å². The van der Waals surface area contributed by atoms with Gasteiger partial charge in [0.2, 0.25) is 0 Å². The average molecular weight is 199 g/mol. The van der Waals surface area contributed by atoms with Crippen molar-refractivity contribution >= 4 is 0 Å². The van der Waals surface area contributed by atoms with E-state index in [1.165, 1.54) is 0 Å². The number of ether oxygens (including phenoxy) is 2. The lowest BCUT2D eigenvalue weighted by Crippen LogP contribution is -2.25. The van der Waals surface area contributed by atoms with Crippen LogP contribution >= 0.6 is 0 Å². The second-order valence-corrected chi connectivity index (χ2v) is 2.73. The van der Waals surface area contributed by atoms with Gasteiger partial charge >= 0.3 is 0 Å². The summed E-state index contributed by atoms with van der Waals surface area (Å²) in [6.07, 6.45) is 0.791. The van der Waals surface area contributed by atoms with Gasteiger partial charge in [-0.1, -0.05) is 5.92 Å². The van der Waals surface area contributed by atoms with Crippen LogP contribution in [0.15, 0.2) is 0 Å². The predicted octanol–water partition coefficient (Wildman–Crippen LogP) is 1.39. The van der Waals surface area contributed by atoms with E-state index in [0.29, 0.717) is 13.2 Å². The van der Waals surface area contributed by atoms with Gasteiger partial charge in [-0.05, 0) is 20.8 Å². The molecule has 0 radical (unpaired) electrons. The molecule has 0 aromatic rings. The van der Waals surface area contributed by atoms with Gasteiger partial charge in [0.25, 0.3) is 0 Å². The van der Waals surface area contributed by atoms with Crippen molar-refractivity contribution in [2.75, 3.05) is 26.3 Å². The third-order valence-electron chi connectivity index (χ3n) is 1.65. The van der Waals surface area contributed by atoms with Crippen molar-refractivity contribution in [3.63, 3.8) is 0 Å². The van der Waals surface area contributed by atoms with Crippen LogP contribution in [0.3, 0.4) is 0 Å². The number of nitrogens with one attached hydrogen (secondary N) is 1. The van der Waals surface area contributed by atoms with Crippen molar-refractivity contribution in [2.24, 2.45) is 0 Å². The topological polar surface area (TPSA) is 30.5 Å². The van der Waals surface area contributed by atoms with Gasteiger partial charge in [-0.15, -0.1) is 5.92 Å². The van der Waals surface area contributed by atoms with E-state index in [9.17, 15) is 0 Å². The van der Waals surface area contributed by atoms with Crippen LogP contribution in [0.4, 0.5) is 0 Å². The highest BCUT2D eigenvalue weighted by molar-refractivity contribution is 4.96. The van der Waals surface area contributed by atoms with Crippen LogP contribution in [0.1, 0.15) is 27.2 Å². The van der Waals surface area contributed by atoms with Crippen molar-refractivity contribution < 1.29 is 9.47 Å². The Morgan fingerprint density at radius 1 is 1.21 bits per heavy atom. The van der Waals surface area contributed by atoms with Gasteiger partial charge in [0.05, 0.1) is 6.54 Å². The quantitative estimate of drug-likeness (QED) is 0.364. The van der Waals surface area contributed by atoms with Crippen molar-refractivity contribution in [1.29, 1.82) is 0 Å². The Bertz CT molecular complexity index is 166. The molecule has 3 nitrogen and oxygen atoms in total. The number of rotatable bonds is 8. The molecule has 0 aliphatic heterocycles. The Balaban J connectivity index is 3.42. The summed E-state index contributed by atoms with van der Waals surface area (Å²) in [5.41, 5.74) is 0. The van der Waals surface area contributed by atoms with E-state index in [1.54, 1.807) is 0 Å². The van der Waals surface area contributed by atoms with Crippen LogP contribution in [0.2, 0.25) is 0 Å². The van der Waals surface area contributed by atoms with Crippen molar-refractivity contribution in [2.45, 2.75) is 33.5 Å². The van der Waals surface area contributed by atoms with Gasteiger partial charge in [-0.3, -0.25) is 0 Å². The molecule has 1 N–H and O–H groups in total. The normalized spacial score (nSPS) is 10.0. The number of hydrogen-bond acceptors (Lipinski definition) is 3. The average Bonchev–Trinajstić information content (AvgIpc) is 2.18. The van der Waals surface area contributed by atoms with E-state index in [1.807, 2.05) is 20.8 Å². The monoisotopic (exact) mass is 199 g/mol. The van der Waals surface area contributed by atoms with E-state index >= 15 is 0 Å². The molecule has 0 unspecified atom stereocenters. The summed E-state index contributed by atoms with van der Waals surface area (Å²) in [6.45, 7) is 8.79. The molecule has 0 amide bonds. The predicted molar refractivity (Wildman–Crippen MR) is 58.0 cm³/mol. The second kappa shape index (κ2) is 10.5. The molecule has 0 aromatic heterocycles. The maximum Gasteiger partial charge on any atom is 0.158 e. The van der Waals surface area contributed by atoms with E-state index in [0.717, 1.165) is 19.5 Å². The fraction of sp³-hybridized carbons (Fsp3) is 0.818. The first kappa shape index (κ1) is 13.4. The zero-order valence-corrected chi connectivity index (χ0v) is 9.43. The molecule has 0 saturated heterocycles. The highest BCUT2D eigenvalue weighted by Gasteiger charge is 2.05. The molecule has 0 atom stereocenters. The van der Waals surface area contributed by atoms with E-state index < -0.39 is 0 Å². The highest BCUT2D eigenvalue weighted by atomic mass is 16.7. The summed E-state index contributed by atoms with van der Waals surface area (Å²) in [5.74, 6) is 5.77. The highest BCUT2D eigenvalue weighted by Crippen LogP contribution is 1.99. The van der Waals surface area contributed by atoms with Crippen LogP contribution in [-0.4, -0.2) is 32.6 Å². The number of hydrogen-bond donors (Lipinski definition) is 1. The third-order valence-corrected chi connectivity index (χ3v) is 1.65. The summed E-state index contributed by atoms with van der Waals surface area (Å²) in [7, 11) is 0. The molecule has 0 bridgehead atoms. The first-order valence-corrected chi connectivity index (χ1v) is 5.18. The SMILES string of the molecule is CC#CCNCCC(OCC)OCC. The van der Waals surface area contributed by atoms with Crippen molar-refractivity contribution in [3.8, 4) is 11.8 Å². The van der Waals surface area contributed by atoms with Gasteiger partial charge in [-0.25, -0.2) is 0 Å². The van der Waals surface area contributed by atoms with Crippen molar-refractivity contribution in [1.82, 2.24) is 5.32 Å². The largest absolute Gasteiger partial charge is 0.353 e. The Morgan fingerprint density at radius 3 is 2.36 bits per heavy atom. The Hall–Kier alpha value is -0.560. The van der Waals surface area contributed by atoms with Crippen molar-refractivity contribution in [3.05, 3.63) is 0 Å². The zero-order valence-electron chi connectivity index (χ0n) is 9.43. The zero-order chi connectivity index (χ0) is 10.6. The van der Waals surface area contributed by atoms with E-state index in [4.69, 9.17) is 9.47 Å². The Kier molecular flexibility index (Phi) is 10.1. The molecule has 0 aromatic carbocycles. The van der Waals surface area contributed by atoms with Crippen LogP contribution in [0.25, 0.3) is 0 Å². The molecule has 0 spiro atoms. The van der Waals surface area contributed by atoms with Gasteiger partial charge in [0, 0.05) is 26.2 Å². The van der Waals surface area contributed by atoms with Crippen LogP contribution in [0, 0.1) is 11.8 Å². The lowest BCUT2D eigenvalue weighted by atomic mass is 10.4. The third kappa shape index (κ3) is 8.06. The molecular weight excluding hydrogens is 178 g/mol.